The predicted octanol–water partition coefficient (Wildman–Crippen LogP) is 1.23. The number of carbonyl (C=O) groups is 4. The van der Waals surface area contributed by atoms with Gasteiger partial charge in [-0.1, -0.05) is 18.2 Å². The van der Waals surface area contributed by atoms with E-state index in [-0.39, 0.29) is 54.2 Å². The number of aromatic nitrogens is 2. The Morgan fingerprint density at radius 1 is 1.03 bits per heavy atom. The number of Topliss-reactive ketones (excluding diaryl/α,β-unsaturated/α-hetero) is 1. The van der Waals surface area contributed by atoms with Crippen LogP contribution in [-0.4, -0.2) is 76.5 Å². The average molecular weight is 437 g/mol. The largest absolute Gasteiger partial charge is 0.358 e. The summed E-state index contributed by atoms with van der Waals surface area (Å²) in [5, 5.41) is 2.24. The standard InChI is InChI=1S/C22H20FN5O4/c1-24-20(30)18-17-16(15(23)12-26-18)14(11-25-17)19(29)22(32)28-9-7-27(8-10-28)21(31)13-5-3-2-4-6-13/h2-6,11-12,25H,7-10H2,1H3,(H,24,30). The first-order chi connectivity index (χ1) is 15.4. The number of hydrogen-bond acceptors (Lipinski definition) is 5. The number of carbonyl (C=O) groups excluding carboxylic acids is 4. The van der Waals surface area contributed by atoms with Crippen molar-refractivity contribution < 1.29 is 23.6 Å². The lowest BCUT2D eigenvalue weighted by molar-refractivity contribution is -0.127. The second kappa shape index (κ2) is 8.58. The Morgan fingerprint density at radius 2 is 1.69 bits per heavy atom. The summed E-state index contributed by atoms with van der Waals surface area (Å²) >= 11 is 0. The molecule has 0 atom stereocenters. The number of ketones is 1. The van der Waals surface area contributed by atoms with Gasteiger partial charge < -0.3 is 20.1 Å². The number of H-pyrrole nitrogens is 1. The van der Waals surface area contributed by atoms with E-state index in [2.05, 4.69) is 15.3 Å². The number of rotatable bonds is 4. The minimum atomic E-state index is -0.896. The molecule has 1 saturated heterocycles. The number of pyridine rings is 1. The van der Waals surface area contributed by atoms with Gasteiger partial charge in [0.05, 0.1) is 22.7 Å². The average Bonchev–Trinajstić information content (AvgIpc) is 3.29. The predicted molar refractivity (Wildman–Crippen MR) is 113 cm³/mol. The Balaban J connectivity index is 1.50. The van der Waals surface area contributed by atoms with Gasteiger partial charge in [-0.15, -0.1) is 0 Å². The van der Waals surface area contributed by atoms with Crippen molar-refractivity contribution in [1.29, 1.82) is 0 Å². The van der Waals surface area contributed by atoms with E-state index < -0.39 is 23.4 Å². The molecule has 0 saturated carbocycles. The fourth-order valence-electron chi connectivity index (χ4n) is 3.71. The van der Waals surface area contributed by atoms with Gasteiger partial charge in [0.2, 0.25) is 0 Å². The van der Waals surface area contributed by atoms with Gasteiger partial charge in [0.15, 0.2) is 11.5 Å². The molecule has 0 spiro atoms. The quantitative estimate of drug-likeness (QED) is 0.471. The normalized spacial score (nSPS) is 13.8. The molecule has 32 heavy (non-hydrogen) atoms. The Labute approximate surface area is 182 Å². The highest BCUT2D eigenvalue weighted by Crippen LogP contribution is 2.24. The van der Waals surface area contributed by atoms with Crippen molar-refractivity contribution in [3.63, 3.8) is 0 Å². The zero-order valence-electron chi connectivity index (χ0n) is 17.2. The molecule has 0 radical (unpaired) electrons. The Morgan fingerprint density at radius 3 is 2.34 bits per heavy atom. The summed E-state index contributed by atoms with van der Waals surface area (Å²) in [7, 11) is 1.40. The lowest BCUT2D eigenvalue weighted by Crippen LogP contribution is -2.52. The summed E-state index contributed by atoms with van der Waals surface area (Å²) in [5.74, 6) is -3.20. The van der Waals surface area contributed by atoms with E-state index >= 15 is 0 Å². The molecule has 9 nitrogen and oxygen atoms in total. The van der Waals surface area contributed by atoms with E-state index in [0.717, 1.165) is 6.20 Å². The second-order valence-corrected chi connectivity index (χ2v) is 7.27. The van der Waals surface area contributed by atoms with Crippen molar-refractivity contribution in [2.24, 2.45) is 0 Å². The summed E-state index contributed by atoms with van der Waals surface area (Å²) in [6.07, 6.45) is 2.05. The number of hydrogen-bond donors (Lipinski definition) is 2. The van der Waals surface area contributed by atoms with Gasteiger partial charge in [-0.05, 0) is 12.1 Å². The SMILES string of the molecule is CNC(=O)c1ncc(F)c2c(C(=O)C(=O)N3CCN(C(=O)c4ccccc4)CC3)c[nH]c12. The highest BCUT2D eigenvalue weighted by molar-refractivity contribution is 6.45. The highest BCUT2D eigenvalue weighted by Gasteiger charge is 2.31. The first-order valence-corrected chi connectivity index (χ1v) is 9.98. The van der Waals surface area contributed by atoms with E-state index in [1.165, 1.54) is 18.1 Å². The monoisotopic (exact) mass is 437 g/mol. The van der Waals surface area contributed by atoms with Gasteiger partial charge >= 0.3 is 0 Å². The molecule has 10 heteroatoms. The number of piperazine rings is 1. The minimum absolute atomic E-state index is 0.0405. The van der Waals surface area contributed by atoms with Crippen LogP contribution >= 0.6 is 0 Å². The smallest absolute Gasteiger partial charge is 0.295 e. The zero-order valence-corrected chi connectivity index (χ0v) is 17.2. The molecule has 1 aromatic carbocycles. The zero-order chi connectivity index (χ0) is 22.8. The van der Waals surface area contributed by atoms with Crippen LogP contribution in [0.25, 0.3) is 10.9 Å². The van der Waals surface area contributed by atoms with Crippen LogP contribution in [0.1, 0.15) is 31.2 Å². The molecule has 1 aliphatic heterocycles. The third kappa shape index (κ3) is 3.70. The summed E-state index contributed by atoms with van der Waals surface area (Å²) in [6.45, 7) is 0.914. The highest BCUT2D eigenvalue weighted by atomic mass is 19.1. The van der Waals surface area contributed by atoms with Gasteiger partial charge in [-0.25, -0.2) is 9.37 Å². The number of fused-ring (bicyclic) bond motifs is 1. The fraction of sp³-hybridized carbons (Fsp3) is 0.227. The van der Waals surface area contributed by atoms with E-state index in [1.54, 1.807) is 29.2 Å². The molecular formula is C22H20FN5O4. The minimum Gasteiger partial charge on any atom is -0.358 e. The summed E-state index contributed by atoms with van der Waals surface area (Å²) in [4.78, 5) is 59.7. The topological polar surface area (TPSA) is 115 Å². The molecule has 4 rings (SSSR count). The molecule has 3 heterocycles. The number of aromatic amines is 1. The third-order valence-electron chi connectivity index (χ3n) is 5.42. The fourth-order valence-corrected chi connectivity index (χ4v) is 3.71. The van der Waals surface area contributed by atoms with Crippen LogP contribution in [0, 0.1) is 5.82 Å². The Bertz CT molecular complexity index is 1220. The molecular weight excluding hydrogens is 417 g/mol. The number of benzene rings is 1. The van der Waals surface area contributed by atoms with Crippen LogP contribution in [0.15, 0.2) is 42.7 Å². The van der Waals surface area contributed by atoms with Gasteiger partial charge in [0.25, 0.3) is 23.5 Å². The number of halogens is 1. The Kier molecular flexibility index (Phi) is 5.67. The van der Waals surface area contributed by atoms with E-state index in [9.17, 15) is 23.6 Å². The molecule has 1 aliphatic rings. The summed E-state index contributed by atoms with van der Waals surface area (Å²) in [5.41, 5.74) is 0.346. The number of nitrogens with zero attached hydrogens (tertiary/aromatic N) is 3. The van der Waals surface area contributed by atoms with Crippen LogP contribution in [0.5, 0.6) is 0 Å². The molecule has 0 aliphatic carbocycles. The van der Waals surface area contributed by atoms with Crippen molar-refractivity contribution in [3.8, 4) is 0 Å². The van der Waals surface area contributed by atoms with Gasteiger partial charge in [0, 0.05) is 45.0 Å². The summed E-state index contributed by atoms with van der Waals surface area (Å²) in [6, 6.07) is 8.81. The third-order valence-corrected chi connectivity index (χ3v) is 5.42. The lowest BCUT2D eigenvalue weighted by atomic mass is 10.1. The van der Waals surface area contributed by atoms with Crippen molar-refractivity contribution in [2.45, 2.75) is 0 Å². The maximum Gasteiger partial charge on any atom is 0.295 e. The maximum atomic E-state index is 14.5. The van der Waals surface area contributed by atoms with Crippen molar-refractivity contribution >= 4 is 34.4 Å². The second-order valence-electron chi connectivity index (χ2n) is 7.27. The van der Waals surface area contributed by atoms with E-state index in [4.69, 9.17) is 0 Å². The van der Waals surface area contributed by atoms with Crippen LogP contribution in [-0.2, 0) is 4.79 Å². The molecule has 3 amide bonds. The van der Waals surface area contributed by atoms with Gasteiger partial charge in [0.1, 0.15) is 0 Å². The first kappa shape index (κ1) is 21.2. The van der Waals surface area contributed by atoms with Crippen LogP contribution in [0.2, 0.25) is 0 Å². The number of amides is 3. The molecule has 164 valence electrons. The first-order valence-electron chi connectivity index (χ1n) is 9.98. The maximum absolute atomic E-state index is 14.5. The van der Waals surface area contributed by atoms with Crippen molar-refractivity contribution in [3.05, 3.63) is 65.4 Å². The summed E-state index contributed by atoms with van der Waals surface area (Å²) < 4.78 is 14.5. The van der Waals surface area contributed by atoms with Crippen molar-refractivity contribution in [1.82, 2.24) is 25.1 Å². The molecule has 0 bridgehead atoms. The molecule has 2 aromatic heterocycles. The molecule has 1 fully saturated rings. The van der Waals surface area contributed by atoms with Crippen molar-refractivity contribution in [2.75, 3.05) is 33.2 Å². The van der Waals surface area contributed by atoms with E-state index in [0.29, 0.717) is 5.56 Å². The van der Waals surface area contributed by atoms with Gasteiger partial charge in [-0.2, -0.15) is 0 Å². The molecule has 2 N–H and O–H groups in total. The van der Waals surface area contributed by atoms with Crippen LogP contribution in [0.4, 0.5) is 4.39 Å². The number of nitrogens with one attached hydrogen (secondary N) is 2. The molecule has 3 aromatic rings. The molecule has 0 unspecified atom stereocenters. The van der Waals surface area contributed by atoms with E-state index in [1.807, 2.05) is 6.07 Å². The van der Waals surface area contributed by atoms with Gasteiger partial charge in [-0.3, -0.25) is 19.2 Å². The lowest BCUT2D eigenvalue weighted by Gasteiger charge is -2.34. The van der Waals surface area contributed by atoms with Crippen LogP contribution < -0.4 is 5.32 Å². The Hall–Kier alpha value is -4.08. The van der Waals surface area contributed by atoms with Crippen LogP contribution in [0.3, 0.4) is 0 Å².